The van der Waals surface area contributed by atoms with E-state index in [1.807, 2.05) is 13.1 Å². The van der Waals surface area contributed by atoms with Crippen molar-refractivity contribution < 1.29 is 9.18 Å². The van der Waals surface area contributed by atoms with Crippen molar-refractivity contribution in [1.82, 2.24) is 34.3 Å². The number of halogens is 2. The van der Waals surface area contributed by atoms with E-state index in [2.05, 4.69) is 30.6 Å². The van der Waals surface area contributed by atoms with Gasteiger partial charge in [0, 0.05) is 34.8 Å². The molecule has 1 amide bonds. The van der Waals surface area contributed by atoms with E-state index in [-0.39, 0.29) is 23.4 Å². The van der Waals surface area contributed by atoms with Crippen molar-refractivity contribution in [2.24, 2.45) is 5.92 Å². The normalized spacial score (nSPS) is 13.8. The summed E-state index contributed by atoms with van der Waals surface area (Å²) in [4.78, 5) is 20.9. The number of aromatic amines is 1. The van der Waals surface area contributed by atoms with Gasteiger partial charge in [0.2, 0.25) is 5.91 Å². The molecule has 0 atom stereocenters. The standard InChI is InChI=1S/C22H18ClFN8O/c1-11-4-27-32(7-11)8-14-20(24)19(23)18(13-5-26-30-21(13)14)15-9-31-10-16(28-17(31)6-25-15)29-22(33)12-2-3-12/h4-7,9-10,12H,2-3,8H2,1H3,(H,26,30)(H,29,33). The molecule has 166 valence electrons. The van der Waals surface area contributed by atoms with E-state index < -0.39 is 5.82 Å². The van der Waals surface area contributed by atoms with Crippen molar-refractivity contribution in [1.29, 1.82) is 0 Å². The second kappa shape index (κ2) is 7.38. The summed E-state index contributed by atoms with van der Waals surface area (Å²) in [5, 5.41) is 14.7. The zero-order valence-corrected chi connectivity index (χ0v) is 18.3. The summed E-state index contributed by atoms with van der Waals surface area (Å²) in [6, 6.07) is 0. The van der Waals surface area contributed by atoms with E-state index in [9.17, 15) is 4.79 Å². The van der Waals surface area contributed by atoms with Gasteiger partial charge < -0.3 is 9.72 Å². The van der Waals surface area contributed by atoms with Gasteiger partial charge in [0.05, 0.1) is 47.6 Å². The largest absolute Gasteiger partial charge is 0.309 e. The number of benzene rings is 1. The number of aromatic nitrogens is 7. The first-order valence-corrected chi connectivity index (χ1v) is 10.8. The first-order valence-electron chi connectivity index (χ1n) is 10.5. The van der Waals surface area contributed by atoms with Gasteiger partial charge in [0.1, 0.15) is 5.82 Å². The molecule has 5 aromatic rings. The van der Waals surface area contributed by atoms with Crippen LogP contribution in [0, 0.1) is 18.7 Å². The van der Waals surface area contributed by atoms with Gasteiger partial charge in [-0.15, -0.1) is 0 Å². The molecule has 0 bridgehead atoms. The fraction of sp³-hybridized carbons (Fsp3) is 0.227. The Bertz CT molecular complexity index is 1550. The number of fused-ring (bicyclic) bond motifs is 2. The number of carbonyl (C=O) groups excluding carboxylic acids is 1. The quantitative estimate of drug-likeness (QED) is 0.409. The molecule has 4 heterocycles. The zero-order chi connectivity index (χ0) is 22.7. The fourth-order valence-corrected chi connectivity index (χ4v) is 4.27. The number of carbonyl (C=O) groups is 1. The number of nitrogens with zero attached hydrogens (tertiary/aromatic N) is 6. The molecular weight excluding hydrogens is 447 g/mol. The minimum absolute atomic E-state index is 0.0280. The maximum atomic E-state index is 15.5. The molecule has 1 aliphatic rings. The monoisotopic (exact) mass is 464 g/mol. The summed E-state index contributed by atoms with van der Waals surface area (Å²) < 4.78 is 18.9. The summed E-state index contributed by atoms with van der Waals surface area (Å²) in [5.74, 6) is -0.0634. The van der Waals surface area contributed by atoms with Crippen LogP contribution in [0.2, 0.25) is 5.02 Å². The maximum Gasteiger partial charge on any atom is 0.228 e. The molecule has 1 saturated carbocycles. The molecule has 0 saturated heterocycles. The van der Waals surface area contributed by atoms with Crippen LogP contribution >= 0.6 is 11.6 Å². The van der Waals surface area contributed by atoms with Gasteiger partial charge in [-0.2, -0.15) is 10.2 Å². The summed E-state index contributed by atoms with van der Waals surface area (Å²) in [6.07, 6.45) is 11.9. The van der Waals surface area contributed by atoms with Crippen LogP contribution in [-0.2, 0) is 11.3 Å². The van der Waals surface area contributed by atoms with Gasteiger partial charge >= 0.3 is 0 Å². The predicted octanol–water partition coefficient (Wildman–Crippen LogP) is 3.97. The number of anilines is 1. The topological polar surface area (TPSA) is 106 Å². The first-order chi connectivity index (χ1) is 16.0. The molecule has 1 aliphatic carbocycles. The zero-order valence-electron chi connectivity index (χ0n) is 17.5. The smallest absolute Gasteiger partial charge is 0.228 e. The first kappa shape index (κ1) is 19.9. The second-order valence-corrected chi connectivity index (χ2v) is 8.66. The van der Waals surface area contributed by atoms with Crippen LogP contribution in [0.4, 0.5) is 10.2 Å². The van der Waals surface area contributed by atoms with E-state index in [4.69, 9.17) is 11.6 Å². The van der Waals surface area contributed by atoms with Gasteiger partial charge in [-0.1, -0.05) is 11.6 Å². The third kappa shape index (κ3) is 3.43. The van der Waals surface area contributed by atoms with E-state index in [1.54, 1.807) is 40.1 Å². The molecule has 33 heavy (non-hydrogen) atoms. The van der Waals surface area contributed by atoms with E-state index in [0.717, 1.165) is 18.4 Å². The minimum atomic E-state index is -0.554. The molecule has 1 fully saturated rings. The molecule has 6 rings (SSSR count). The van der Waals surface area contributed by atoms with Crippen LogP contribution in [0.5, 0.6) is 0 Å². The van der Waals surface area contributed by atoms with Crippen LogP contribution in [0.3, 0.4) is 0 Å². The number of aryl methyl sites for hydroxylation is 1. The number of amides is 1. The highest BCUT2D eigenvalue weighted by Gasteiger charge is 2.30. The molecule has 4 aromatic heterocycles. The van der Waals surface area contributed by atoms with Gasteiger partial charge in [-0.25, -0.2) is 9.37 Å². The Kier molecular flexibility index (Phi) is 4.44. The van der Waals surface area contributed by atoms with Gasteiger partial charge in [-0.3, -0.25) is 19.6 Å². The number of rotatable bonds is 5. The lowest BCUT2D eigenvalue weighted by Crippen LogP contribution is -2.13. The van der Waals surface area contributed by atoms with Crippen molar-refractivity contribution in [2.75, 3.05) is 5.32 Å². The van der Waals surface area contributed by atoms with Crippen LogP contribution in [-0.4, -0.2) is 40.3 Å². The summed E-state index contributed by atoms with van der Waals surface area (Å²) in [6.45, 7) is 2.12. The lowest BCUT2D eigenvalue weighted by Gasteiger charge is -2.12. The Hall–Kier alpha value is -3.79. The number of H-pyrrole nitrogens is 1. The molecule has 2 N–H and O–H groups in total. The number of hydrogen-bond acceptors (Lipinski definition) is 5. The Balaban J connectivity index is 1.43. The van der Waals surface area contributed by atoms with E-state index in [0.29, 0.717) is 39.2 Å². The van der Waals surface area contributed by atoms with Gasteiger partial charge in [0.15, 0.2) is 11.5 Å². The van der Waals surface area contributed by atoms with Crippen LogP contribution < -0.4 is 5.32 Å². The van der Waals surface area contributed by atoms with Crippen molar-refractivity contribution in [2.45, 2.75) is 26.3 Å². The lowest BCUT2D eigenvalue weighted by molar-refractivity contribution is -0.117. The summed E-state index contributed by atoms with van der Waals surface area (Å²) in [7, 11) is 0. The Morgan fingerprint density at radius 1 is 1.27 bits per heavy atom. The van der Waals surface area contributed by atoms with E-state index in [1.165, 1.54) is 0 Å². The highest BCUT2D eigenvalue weighted by atomic mass is 35.5. The molecule has 0 unspecified atom stereocenters. The Labute approximate surface area is 191 Å². The predicted molar refractivity (Wildman–Crippen MR) is 120 cm³/mol. The Morgan fingerprint density at radius 3 is 2.88 bits per heavy atom. The van der Waals surface area contributed by atoms with Crippen LogP contribution in [0.15, 0.2) is 37.2 Å². The minimum Gasteiger partial charge on any atom is -0.309 e. The molecule has 1 aromatic carbocycles. The molecule has 11 heteroatoms. The van der Waals surface area contributed by atoms with Crippen molar-refractivity contribution >= 4 is 39.9 Å². The van der Waals surface area contributed by atoms with Crippen molar-refractivity contribution in [3.05, 3.63) is 59.1 Å². The maximum absolute atomic E-state index is 15.5. The number of hydrogen-bond donors (Lipinski definition) is 2. The van der Waals surface area contributed by atoms with Gasteiger partial charge in [-0.05, 0) is 25.3 Å². The highest BCUT2D eigenvalue weighted by molar-refractivity contribution is 6.35. The molecule has 0 aliphatic heterocycles. The highest BCUT2D eigenvalue weighted by Crippen LogP contribution is 2.38. The average Bonchev–Trinajstić information content (AvgIpc) is 3.19. The Morgan fingerprint density at radius 2 is 2.12 bits per heavy atom. The van der Waals surface area contributed by atoms with Crippen LogP contribution in [0.1, 0.15) is 24.0 Å². The fourth-order valence-electron chi connectivity index (χ4n) is 3.95. The molecular formula is C22H18ClFN8O. The summed E-state index contributed by atoms with van der Waals surface area (Å²) >= 11 is 6.54. The molecule has 0 spiro atoms. The third-order valence-electron chi connectivity index (χ3n) is 5.77. The van der Waals surface area contributed by atoms with Crippen molar-refractivity contribution in [3.63, 3.8) is 0 Å². The van der Waals surface area contributed by atoms with Gasteiger partial charge in [0.25, 0.3) is 0 Å². The lowest BCUT2D eigenvalue weighted by atomic mass is 10.0. The van der Waals surface area contributed by atoms with Crippen molar-refractivity contribution in [3.8, 4) is 11.3 Å². The molecule has 9 nitrogen and oxygen atoms in total. The average molecular weight is 465 g/mol. The SMILES string of the molecule is Cc1cnn(Cc2c(F)c(Cl)c(-c3cn4cc(NC(=O)C5CC5)nc4cn3)c3cn[nH]c23)c1. The number of nitrogens with one attached hydrogen (secondary N) is 2. The van der Waals surface area contributed by atoms with Crippen LogP contribution in [0.25, 0.3) is 27.8 Å². The van der Waals surface area contributed by atoms with E-state index >= 15 is 4.39 Å². The number of imidazole rings is 1. The second-order valence-electron chi connectivity index (χ2n) is 8.28. The third-order valence-corrected chi connectivity index (χ3v) is 6.12. The molecule has 0 radical (unpaired) electrons. The summed E-state index contributed by atoms with van der Waals surface area (Å²) in [5.41, 5.74) is 3.31.